The number of nitrogens with one attached hydrogen (secondary N) is 1. The van der Waals surface area contributed by atoms with Gasteiger partial charge in [-0.2, -0.15) is 0 Å². The van der Waals surface area contributed by atoms with E-state index in [0.29, 0.717) is 0 Å². The van der Waals surface area contributed by atoms with E-state index in [1.165, 1.54) is 19.3 Å². The molecule has 2 nitrogen and oxygen atoms in total. The molecule has 0 spiro atoms. The van der Waals surface area contributed by atoms with Crippen LogP contribution in [0, 0.1) is 0 Å². The van der Waals surface area contributed by atoms with Crippen LogP contribution in [-0.4, -0.2) is 26.3 Å². The van der Waals surface area contributed by atoms with E-state index in [4.69, 9.17) is 4.74 Å². The molecule has 1 saturated heterocycles. The zero-order valence-electron chi connectivity index (χ0n) is 7.01. The van der Waals surface area contributed by atoms with Crippen molar-refractivity contribution in [3.63, 3.8) is 0 Å². The number of hydrogen-bond acceptors (Lipinski definition) is 2. The molecule has 0 radical (unpaired) electrons. The van der Waals surface area contributed by atoms with E-state index in [1.807, 2.05) is 0 Å². The molecule has 1 aliphatic carbocycles. The molecule has 0 aromatic carbocycles. The second-order valence-corrected chi connectivity index (χ2v) is 2.76. The van der Waals surface area contributed by atoms with Gasteiger partial charge in [-0.15, -0.1) is 0 Å². The van der Waals surface area contributed by atoms with Gasteiger partial charge in [0.15, 0.2) is 0 Å². The molecule has 0 unspecified atom stereocenters. The SMILES string of the molecule is C1=CCCC1.C1COCCN1. The first-order chi connectivity index (χ1) is 5.50. The number of morpholine rings is 1. The Labute approximate surface area is 68.6 Å². The number of rotatable bonds is 0. The Bertz CT molecular complexity index is 90.6. The lowest BCUT2D eigenvalue weighted by Crippen LogP contribution is -2.30. The molecule has 1 fully saturated rings. The zero-order chi connectivity index (χ0) is 7.78. The third-order valence-corrected chi connectivity index (χ3v) is 1.75. The molecule has 1 heterocycles. The molecule has 64 valence electrons. The normalized spacial score (nSPS) is 22.5. The van der Waals surface area contributed by atoms with Crippen LogP contribution in [0.1, 0.15) is 19.3 Å². The van der Waals surface area contributed by atoms with Gasteiger partial charge in [0.2, 0.25) is 0 Å². The van der Waals surface area contributed by atoms with Gasteiger partial charge >= 0.3 is 0 Å². The van der Waals surface area contributed by atoms with Crippen molar-refractivity contribution < 1.29 is 4.74 Å². The summed E-state index contributed by atoms with van der Waals surface area (Å²) >= 11 is 0. The monoisotopic (exact) mass is 155 g/mol. The number of hydrogen-bond donors (Lipinski definition) is 1. The highest BCUT2D eigenvalue weighted by molar-refractivity contribution is 4.88. The molecule has 0 saturated carbocycles. The van der Waals surface area contributed by atoms with E-state index < -0.39 is 0 Å². The highest BCUT2D eigenvalue weighted by Crippen LogP contribution is 2.05. The average Bonchev–Trinajstić information content (AvgIpc) is 2.64. The summed E-state index contributed by atoms with van der Waals surface area (Å²) in [7, 11) is 0. The van der Waals surface area contributed by atoms with E-state index in [1.54, 1.807) is 0 Å². The van der Waals surface area contributed by atoms with Crippen molar-refractivity contribution in [3.05, 3.63) is 12.2 Å². The van der Waals surface area contributed by atoms with Crippen molar-refractivity contribution in [3.8, 4) is 0 Å². The molecule has 0 aromatic heterocycles. The van der Waals surface area contributed by atoms with Crippen LogP contribution < -0.4 is 5.32 Å². The minimum atomic E-state index is 0.889. The van der Waals surface area contributed by atoms with Crippen LogP contribution in [0.4, 0.5) is 0 Å². The van der Waals surface area contributed by atoms with Gasteiger partial charge in [0.1, 0.15) is 0 Å². The van der Waals surface area contributed by atoms with Crippen LogP contribution in [0.2, 0.25) is 0 Å². The van der Waals surface area contributed by atoms with Crippen molar-refractivity contribution in [1.82, 2.24) is 5.32 Å². The van der Waals surface area contributed by atoms with Gasteiger partial charge in [-0.3, -0.25) is 0 Å². The Morgan fingerprint density at radius 3 is 1.82 bits per heavy atom. The zero-order valence-corrected chi connectivity index (χ0v) is 7.01. The summed E-state index contributed by atoms with van der Waals surface area (Å²) in [4.78, 5) is 0. The van der Waals surface area contributed by atoms with Crippen LogP contribution in [0.5, 0.6) is 0 Å². The van der Waals surface area contributed by atoms with Crippen molar-refractivity contribution in [2.45, 2.75) is 19.3 Å². The van der Waals surface area contributed by atoms with Gasteiger partial charge < -0.3 is 10.1 Å². The molecule has 11 heavy (non-hydrogen) atoms. The fraction of sp³-hybridized carbons (Fsp3) is 0.778. The molecule has 2 aliphatic rings. The smallest absolute Gasteiger partial charge is 0.0591 e. The molecule has 2 heteroatoms. The number of allylic oxidation sites excluding steroid dienone is 2. The summed E-state index contributed by atoms with van der Waals surface area (Å²) in [5.41, 5.74) is 0. The van der Waals surface area contributed by atoms with E-state index in [9.17, 15) is 0 Å². The first-order valence-corrected chi connectivity index (χ1v) is 4.43. The van der Waals surface area contributed by atoms with Gasteiger partial charge in [0.05, 0.1) is 13.2 Å². The van der Waals surface area contributed by atoms with E-state index in [2.05, 4.69) is 17.5 Å². The summed E-state index contributed by atoms with van der Waals surface area (Å²) in [6.07, 6.45) is 8.50. The Balaban J connectivity index is 0.000000112. The highest BCUT2D eigenvalue weighted by atomic mass is 16.5. The van der Waals surface area contributed by atoms with Gasteiger partial charge in [-0.1, -0.05) is 12.2 Å². The van der Waals surface area contributed by atoms with Crippen molar-refractivity contribution in [2.24, 2.45) is 0 Å². The second kappa shape index (κ2) is 6.38. The quantitative estimate of drug-likeness (QED) is 0.533. The minimum absolute atomic E-state index is 0.889. The maximum atomic E-state index is 5.01. The van der Waals surface area contributed by atoms with Gasteiger partial charge in [-0.05, 0) is 19.3 Å². The van der Waals surface area contributed by atoms with Crippen LogP contribution in [-0.2, 0) is 4.74 Å². The van der Waals surface area contributed by atoms with Crippen molar-refractivity contribution >= 4 is 0 Å². The second-order valence-electron chi connectivity index (χ2n) is 2.76. The van der Waals surface area contributed by atoms with Crippen LogP contribution in [0.15, 0.2) is 12.2 Å². The molecule has 1 aliphatic heterocycles. The van der Waals surface area contributed by atoms with Crippen LogP contribution in [0.3, 0.4) is 0 Å². The Kier molecular flexibility index (Phi) is 5.07. The predicted octanol–water partition coefficient (Wildman–Crippen LogP) is 1.33. The lowest BCUT2D eigenvalue weighted by molar-refractivity contribution is 0.109. The third kappa shape index (κ3) is 4.99. The summed E-state index contributed by atoms with van der Waals surface area (Å²) in [6.45, 7) is 3.83. The lowest BCUT2D eigenvalue weighted by atomic mass is 10.4. The third-order valence-electron chi connectivity index (χ3n) is 1.75. The lowest BCUT2D eigenvalue weighted by Gasteiger charge is -2.10. The van der Waals surface area contributed by atoms with Crippen LogP contribution in [0.25, 0.3) is 0 Å². The van der Waals surface area contributed by atoms with E-state index in [-0.39, 0.29) is 0 Å². The van der Waals surface area contributed by atoms with Gasteiger partial charge in [-0.25, -0.2) is 0 Å². The van der Waals surface area contributed by atoms with E-state index >= 15 is 0 Å². The predicted molar refractivity (Wildman–Crippen MR) is 46.7 cm³/mol. The Hall–Kier alpha value is -0.340. The topological polar surface area (TPSA) is 21.3 Å². The molecule has 0 aromatic rings. The molecular weight excluding hydrogens is 138 g/mol. The first kappa shape index (κ1) is 8.75. The van der Waals surface area contributed by atoms with Gasteiger partial charge in [0, 0.05) is 13.1 Å². The maximum absolute atomic E-state index is 5.01. The average molecular weight is 155 g/mol. The maximum Gasteiger partial charge on any atom is 0.0591 e. The summed E-state index contributed by atoms with van der Waals surface area (Å²) in [5, 5.41) is 3.16. The fourth-order valence-electron chi connectivity index (χ4n) is 1.10. The Morgan fingerprint density at radius 2 is 1.64 bits per heavy atom. The molecule has 1 N–H and O–H groups in total. The molecule has 0 amide bonds. The van der Waals surface area contributed by atoms with Crippen molar-refractivity contribution in [1.29, 1.82) is 0 Å². The molecular formula is C9H17NO. The largest absolute Gasteiger partial charge is 0.379 e. The highest BCUT2D eigenvalue weighted by Gasteiger charge is 1.92. The van der Waals surface area contributed by atoms with Crippen molar-refractivity contribution in [2.75, 3.05) is 26.3 Å². The van der Waals surface area contributed by atoms with Crippen LogP contribution >= 0.6 is 0 Å². The summed E-state index contributed by atoms with van der Waals surface area (Å²) in [6, 6.07) is 0. The standard InChI is InChI=1S/C5H8.C4H9NO/c1-2-4-5-3-1;1-3-6-4-2-5-1/h1-2H,3-5H2;5H,1-4H2. The molecule has 0 atom stereocenters. The summed E-state index contributed by atoms with van der Waals surface area (Å²) < 4.78 is 5.01. The van der Waals surface area contributed by atoms with E-state index in [0.717, 1.165) is 26.3 Å². The molecule has 0 bridgehead atoms. The Morgan fingerprint density at radius 1 is 1.00 bits per heavy atom. The van der Waals surface area contributed by atoms with Gasteiger partial charge in [0.25, 0.3) is 0 Å². The molecule has 2 rings (SSSR count). The summed E-state index contributed by atoms with van der Waals surface area (Å²) in [5.74, 6) is 0. The first-order valence-electron chi connectivity index (χ1n) is 4.43. The fourth-order valence-corrected chi connectivity index (χ4v) is 1.10. The minimum Gasteiger partial charge on any atom is -0.379 e. The number of ether oxygens (including phenoxy) is 1.